The van der Waals surface area contributed by atoms with Crippen molar-refractivity contribution in [2.75, 3.05) is 13.2 Å². The van der Waals surface area contributed by atoms with E-state index >= 15 is 0 Å². The van der Waals surface area contributed by atoms with Gasteiger partial charge < -0.3 is 14.0 Å². The summed E-state index contributed by atoms with van der Waals surface area (Å²) in [6, 6.07) is 3.78. The van der Waals surface area contributed by atoms with Crippen LogP contribution < -0.4 is 4.80 Å². The summed E-state index contributed by atoms with van der Waals surface area (Å²) in [7, 11) is 1.86. The number of ether oxygens (including phenoxy) is 2. The van der Waals surface area contributed by atoms with Crippen molar-refractivity contribution in [3.05, 3.63) is 39.5 Å². The molecule has 21 heavy (non-hydrogen) atoms. The summed E-state index contributed by atoms with van der Waals surface area (Å²) in [5, 5.41) is 0.695. The van der Waals surface area contributed by atoms with Crippen molar-refractivity contribution in [2.24, 2.45) is 12.0 Å². The Morgan fingerprint density at radius 1 is 1.43 bits per heavy atom. The van der Waals surface area contributed by atoms with Gasteiger partial charge in [0.1, 0.15) is 19.5 Å². The fourth-order valence-corrected chi connectivity index (χ4v) is 3.36. The minimum atomic E-state index is -0.444. The second-order valence-corrected chi connectivity index (χ2v) is 6.00. The van der Waals surface area contributed by atoms with E-state index in [4.69, 9.17) is 21.1 Å². The van der Waals surface area contributed by atoms with Crippen LogP contribution in [0, 0.1) is 6.92 Å². The van der Waals surface area contributed by atoms with Gasteiger partial charge >= 0.3 is 5.91 Å². The molecule has 0 radical (unpaired) electrons. The first kappa shape index (κ1) is 14.2. The lowest BCUT2D eigenvalue weighted by Gasteiger charge is -2.12. The van der Waals surface area contributed by atoms with Gasteiger partial charge in [0.05, 0.1) is 10.2 Å². The maximum absolute atomic E-state index is 12.1. The van der Waals surface area contributed by atoms with Crippen LogP contribution in [0.25, 0.3) is 10.2 Å². The molecule has 0 atom stereocenters. The van der Waals surface area contributed by atoms with Crippen LogP contribution in [-0.4, -0.2) is 23.7 Å². The molecule has 0 saturated carbocycles. The highest BCUT2D eigenvalue weighted by atomic mass is 35.5. The summed E-state index contributed by atoms with van der Waals surface area (Å²) in [6.45, 7) is 2.76. The number of nitrogens with zero attached hydrogens (tertiary/aromatic N) is 2. The Balaban J connectivity index is 2.10. The number of aryl methyl sites for hydroxylation is 2. The van der Waals surface area contributed by atoms with E-state index in [1.54, 1.807) is 0 Å². The molecule has 1 aromatic carbocycles. The Bertz CT molecular complexity index is 819. The summed E-state index contributed by atoms with van der Waals surface area (Å²) in [5.74, 6) is -0.311. The SMILES string of the molecule is Cc1c(Cl)ccc2sc(=NC(=O)C3=COCCO3)n(C)c12. The number of fused-ring (bicyclic) bond motifs is 1. The van der Waals surface area contributed by atoms with Crippen molar-refractivity contribution >= 4 is 39.1 Å². The van der Waals surface area contributed by atoms with E-state index in [9.17, 15) is 4.79 Å². The average molecular weight is 325 g/mol. The van der Waals surface area contributed by atoms with Gasteiger partial charge in [-0.15, -0.1) is 0 Å². The summed E-state index contributed by atoms with van der Waals surface area (Å²) in [4.78, 5) is 16.8. The van der Waals surface area contributed by atoms with Crippen LogP contribution in [0.3, 0.4) is 0 Å². The molecule has 0 unspecified atom stereocenters. The van der Waals surface area contributed by atoms with Gasteiger partial charge in [-0.3, -0.25) is 4.79 Å². The second-order valence-electron chi connectivity index (χ2n) is 4.58. The Morgan fingerprint density at radius 2 is 2.24 bits per heavy atom. The lowest BCUT2D eigenvalue weighted by molar-refractivity contribution is -0.119. The van der Waals surface area contributed by atoms with Crippen LogP contribution in [-0.2, 0) is 21.3 Å². The number of carbonyl (C=O) groups excluding carboxylic acids is 1. The second kappa shape index (κ2) is 5.54. The highest BCUT2D eigenvalue weighted by molar-refractivity contribution is 7.16. The van der Waals surface area contributed by atoms with Crippen molar-refractivity contribution in [3.63, 3.8) is 0 Å². The average Bonchev–Trinajstić information content (AvgIpc) is 2.81. The molecule has 1 aromatic heterocycles. The molecule has 1 aliphatic rings. The van der Waals surface area contributed by atoms with Crippen LogP contribution in [0.4, 0.5) is 0 Å². The van der Waals surface area contributed by atoms with Gasteiger partial charge in [0.25, 0.3) is 0 Å². The molecule has 1 aliphatic heterocycles. The largest absolute Gasteiger partial charge is 0.494 e. The number of benzene rings is 1. The first-order chi connectivity index (χ1) is 10.1. The Labute approximate surface area is 130 Å². The van der Waals surface area contributed by atoms with Crippen molar-refractivity contribution in [2.45, 2.75) is 6.92 Å². The van der Waals surface area contributed by atoms with E-state index < -0.39 is 5.91 Å². The zero-order valence-corrected chi connectivity index (χ0v) is 13.1. The summed E-state index contributed by atoms with van der Waals surface area (Å²) in [5.41, 5.74) is 1.95. The van der Waals surface area contributed by atoms with Crippen LogP contribution in [0.2, 0.25) is 5.02 Å². The minimum Gasteiger partial charge on any atom is -0.494 e. The van der Waals surface area contributed by atoms with Gasteiger partial charge in [0.2, 0.25) is 5.76 Å². The van der Waals surface area contributed by atoms with E-state index in [0.29, 0.717) is 23.0 Å². The maximum Gasteiger partial charge on any atom is 0.317 e. The third-order valence-corrected chi connectivity index (χ3v) is 4.72. The predicted octanol–water partition coefficient (Wildman–Crippen LogP) is 2.52. The van der Waals surface area contributed by atoms with Gasteiger partial charge in [-0.25, -0.2) is 0 Å². The highest BCUT2D eigenvalue weighted by Gasteiger charge is 2.15. The fraction of sp³-hybridized carbons (Fsp3) is 0.286. The Kier molecular flexibility index (Phi) is 3.73. The van der Waals surface area contributed by atoms with Crippen molar-refractivity contribution in [3.8, 4) is 0 Å². The molecule has 1 amide bonds. The number of halogens is 1. The van der Waals surface area contributed by atoms with E-state index in [1.165, 1.54) is 17.6 Å². The molecule has 0 bridgehead atoms. The topological polar surface area (TPSA) is 52.8 Å². The van der Waals surface area contributed by atoms with Gasteiger partial charge in [0, 0.05) is 12.1 Å². The van der Waals surface area contributed by atoms with Crippen LogP contribution in [0.5, 0.6) is 0 Å². The molecule has 0 spiro atoms. The maximum atomic E-state index is 12.1. The van der Waals surface area contributed by atoms with Crippen molar-refractivity contribution < 1.29 is 14.3 Å². The van der Waals surface area contributed by atoms with E-state index in [0.717, 1.165) is 15.8 Å². The summed E-state index contributed by atoms with van der Waals surface area (Å²) in [6.07, 6.45) is 1.31. The first-order valence-corrected chi connectivity index (χ1v) is 7.55. The molecule has 5 nitrogen and oxygen atoms in total. The van der Waals surface area contributed by atoms with Crippen LogP contribution in [0.15, 0.2) is 29.1 Å². The highest BCUT2D eigenvalue weighted by Crippen LogP contribution is 2.26. The first-order valence-electron chi connectivity index (χ1n) is 6.36. The monoisotopic (exact) mass is 324 g/mol. The van der Waals surface area contributed by atoms with E-state index in [2.05, 4.69) is 4.99 Å². The van der Waals surface area contributed by atoms with E-state index in [1.807, 2.05) is 30.7 Å². The normalized spacial score (nSPS) is 15.6. The number of thiazole rings is 1. The summed E-state index contributed by atoms with van der Waals surface area (Å²) < 4.78 is 13.2. The zero-order chi connectivity index (χ0) is 15.0. The molecule has 0 fully saturated rings. The number of hydrogen-bond donors (Lipinski definition) is 0. The molecule has 110 valence electrons. The molecule has 0 saturated heterocycles. The molecule has 2 heterocycles. The van der Waals surface area contributed by atoms with Gasteiger partial charge in [-0.2, -0.15) is 4.99 Å². The van der Waals surface area contributed by atoms with Gasteiger partial charge in [0.15, 0.2) is 4.80 Å². The lowest BCUT2D eigenvalue weighted by Crippen LogP contribution is -2.18. The lowest BCUT2D eigenvalue weighted by atomic mass is 10.2. The molecular weight excluding hydrogens is 312 g/mol. The smallest absolute Gasteiger partial charge is 0.317 e. The Hall–Kier alpha value is -1.79. The molecule has 2 aromatic rings. The molecule has 0 aliphatic carbocycles. The molecule has 3 rings (SSSR count). The van der Waals surface area contributed by atoms with Gasteiger partial charge in [-0.1, -0.05) is 22.9 Å². The number of rotatable bonds is 1. The van der Waals surface area contributed by atoms with Crippen LogP contribution >= 0.6 is 22.9 Å². The number of amides is 1. The van der Waals surface area contributed by atoms with Crippen molar-refractivity contribution in [1.82, 2.24) is 4.57 Å². The number of aromatic nitrogens is 1. The standard InChI is InChI=1S/C14H13ClN2O3S/c1-8-9(15)3-4-11-12(8)17(2)14(21-11)16-13(18)10-7-19-5-6-20-10/h3-4,7H,5-6H2,1-2H3. The Morgan fingerprint density at radius 3 is 2.95 bits per heavy atom. The third kappa shape index (κ3) is 2.56. The quantitative estimate of drug-likeness (QED) is 0.810. The third-order valence-electron chi connectivity index (χ3n) is 3.21. The molecule has 0 N–H and O–H groups in total. The van der Waals surface area contributed by atoms with Crippen LogP contribution in [0.1, 0.15) is 5.56 Å². The van der Waals surface area contributed by atoms with E-state index in [-0.39, 0.29) is 5.76 Å². The molecule has 7 heteroatoms. The minimum absolute atomic E-state index is 0.133. The zero-order valence-electron chi connectivity index (χ0n) is 11.6. The van der Waals surface area contributed by atoms with Crippen molar-refractivity contribution in [1.29, 1.82) is 0 Å². The number of carbonyl (C=O) groups is 1. The summed E-state index contributed by atoms with van der Waals surface area (Å²) >= 11 is 7.58. The van der Waals surface area contributed by atoms with Gasteiger partial charge in [-0.05, 0) is 24.6 Å². The fourth-order valence-electron chi connectivity index (χ4n) is 2.13. The molecular formula is C14H13ClN2O3S. The number of hydrogen-bond acceptors (Lipinski definition) is 4. The predicted molar refractivity (Wildman–Crippen MR) is 81.1 cm³/mol.